The van der Waals surface area contributed by atoms with E-state index in [0.717, 1.165) is 5.56 Å². The van der Waals surface area contributed by atoms with Crippen molar-refractivity contribution in [3.05, 3.63) is 35.9 Å². The SMILES string of the molecule is CC(N)C(O)c1ccccc1.O=S(=O)(O)O. The second-order valence-corrected chi connectivity index (χ2v) is 4.06. The predicted octanol–water partition coefficient (Wildman–Crippen LogP) is 0.414. The van der Waals surface area contributed by atoms with Gasteiger partial charge in [-0.25, -0.2) is 0 Å². The van der Waals surface area contributed by atoms with Gasteiger partial charge in [0.05, 0.1) is 6.10 Å². The van der Waals surface area contributed by atoms with E-state index in [1.54, 1.807) is 6.92 Å². The number of aliphatic hydroxyl groups excluding tert-OH is 1. The van der Waals surface area contributed by atoms with E-state index < -0.39 is 16.5 Å². The van der Waals surface area contributed by atoms with Crippen LogP contribution < -0.4 is 5.73 Å². The lowest BCUT2D eigenvalue weighted by Crippen LogP contribution is -2.24. The predicted molar refractivity (Wildman–Crippen MR) is 59.2 cm³/mol. The summed E-state index contributed by atoms with van der Waals surface area (Å²) in [6.07, 6.45) is -0.545. The second kappa shape index (κ2) is 6.56. The Morgan fingerprint density at radius 2 is 1.56 bits per heavy atom. The fraction of sp³-hybridized carbons (Fsp3) is 0.333. The molecule has 0 aliphatic rings. The van der Waals surface area contributed by atoms with Gasteiger partial charge in [-0.05, 0) is 12.5 Å². The highest BCUT2D eigenvalue weighted by Crippen LogP contribution is 2.13. The molecule has 1 aromatic rings. The maximum atomic E-state index is 9.47. The Balaban J connectivity index is 0.000000385. The van der Waals surface area contributed by atoms with Gasteiger partial charge in [-0.1, -0.05) is 30.3 Å². The van der Waals surface area contributed by atoms with Gasteiger partial charge in [0.15, 0.2) is 0 Å². The first kappa shape index (κ1) is 15.0. The highest BCUT2D eigenvalue weighted by atomic mass is 32.3. The first-order valence-electron chi connectivity index (χ1n) is 4.40. The summed E-state index contributed by atoms with van der Waals surface area (Å²) in [5, 5.41) is 9.47. The van der Waals surface area contributed by atoms with Crippen LogP contribution in [0.5, 0.6) is 0 Å². The van der Waals surface area contributed by atoms with Gasteiger partial charge in [0.1, 0.15) is 0 Å². The van der Waals surface area contributed by atoms with Gasteiger partial charge in [-0.15, -0.1) is 0 Å². The Kier molecular flexibility index (Phi) is 6.16. The van der Waals surface area contributed by atoms with Crippen LogP contribution in [0.3, 0.4) is 0 Å². The highest BCUT2D eigenvalue weighted by Gasteiger charge is 2.10. The van der Waals surface area contributed by atoms with Crippen molar-refractivity contribution in [1.29, 1.82) is 0 Å². The molecular formula is C9H15NO5S. The molecule has 0 aromatic heterocycles. The fourth-order valence-corrected chi connectivity index (χ4v) is 0.954. The molecule has 0 spiro atoms. The summed E-state index contributed by atoms with van der Waals surface area (Å²) in [5.41, 5.74) is 6.40. The molecule has 5 N–H and O–H groups in total. The van der Waals surface area contributed by atoms with Crippen LogP contribution in [0.25, 0.3) is 0 Å². The van der Waals surface area contributed by atoms with Crippen molar-refractivity contribution in [2.45, 2.75) is 19.1 Å². The minimum Gasteiger partial charge on any atom is -0.387 e. The van der Waals surface area contributed by atoms with Crippen molar-refractivity contribution in [2.75, 3.05) is 0 Å². The molecule has 0 radical (unpaired) electrons. The van der Waals surface area contributed by atoms with Crippen molar-refractivity contribution in [3.8, 4) is 0 Å². The Labute approximate surface area is 94.3 Å². The molecular weight excluding hydrogens is 234 g/mol. The maximum absolute atomic E-state index is 9.47. The summed E-state index contributed by atoms with van der Waals surface area (Å²) >= 11 is 0. The summed E-state index contributed by atoms with van der Waals surface area (Å²) < 4.78 is 31.6. The molecule has 0 amide bonds. The number of nitrogens with two attached hydrogens (primary N) is 1. The first-order valence-corrected chi connectivity index (χ1v) is 5.80. The van der Waals surface area contributed by atoms with E-state index in [9.17, 15) is 5.11 Å². The van der Waals surface area contributed by atoms with Crippen LogP contribution in [-0.4, -0.2) is 28.7 Å². The molecule has 0 bridgehead atoms. The van der Waals surface area contributed by atoms with E-state index in [1.807, 2.05) is 30.3 Å². The monoisotopic (exact) mass is 249 g/mol. The third kappa shape index (κ3) is 8.33. The summed E-state index contributed by atoms with van der Waals surface area (Å²) in [7, 11) is -4.67. The summed E-state index contributed by atoms with van der Waals surface area (Å²) in [6.45, 7) is 1.79. The molecule has 6 nitrogen and oxygen atoms in total. The van der Waals surface area contributed by atoms with E-state index in [2.05, 4.69) is 0 Å². The zero-order chi connectivity index (χ0) is 12.8. The zero-order valence-electron chi connectivity index (χ0n) is 8.69. The van der Waals surface area contributed by atoms with Crippen LogP contribution in [0.15, 0.2) is 30.3 Å². The van der Waals surface area contributed by atoms with E-state index in [0.29, 0.717) is 0 Å². The van der Waals surface area contributed by atoms with Crippen LogP contribution in [-0.2, 0) is 10.4 Å². The van der Waals surface area contributed by atoms with Crippen LogP contribution in [0.4, 0.5) is 0 Å². The molecule has 0 saturated heterocycles. The third-order valence-corrected chi connectivity index (χ3v) is 1.64. The molecule has 2 unspecified atom stereocenters. The maximum Gasteiger partial charge on any atom is 0.394 e. The molecule has 2 atom stereocenters. The summed E-state index contributed by atoms with van der Waals surface area (Å²) in [5.74, 6) is 0. The number of hydrogen-bond donors (Lipinski definition) is 4. The van der Waals surface area contributed by atoms with Crippen LogP contribution in [0.1, 0.15) is 18.6 Å². The first-order chi connectivity index (χ1) is 7.22. The third-order valence-electron chi connectivity index (χ3n) is 1.64. The molecule has 0 saturated carbocycles. The Morgan fingerprint density at radius 1 is 1.19 bits per heavy atom. The van der Waals surface area contributed by atoms with Gasteiger partial charge in [-0.2, -0.15) is 8.42 Å². The molecule has 92 valence electrons. The van der Waals surface area contributed by atoms with Crippen molar-refractivity contribution < 1.29 is 22.6 Å². The quantitative estimate of drug-likeness (QED) is 0.563. The standard InChI is InChI=1S/C9H13NO.H2O4S/c1-7(10)9(11)8-5-3-2-4-6-8;1-5(2,3)4/h2-7,9,11H,10H2,1H3;(H2,1,2,3,4). The molecule has 0 aliphatic heterocycles. The van der Waals surface area contributed by atoms with Gasteiger partial charge in [-0.3, -0.25) is 9.11 Å². The topological polar surface area (TPSA) is 121 Å². The van der Waals surface area contributed by atoms with E-state index in [4.69, 9.17) is 23.3 Å². The molecule has 0 fully saturated rings. The normalized spacial score (nSPS) is 14.6. The van der Waals surface area contributed by atoms with Crippen molar-refractivity contribution in [1.82, 2.24) is 0 Å². The van der Waals surface area contributed by atoms with Crippen molar-refractivity contribution >= 4 is 10.4 Å². The number of hydrogen-bond acceptors (Lipinski definition) is 4. The van der Waals surface area contributed by atoms with Crippen LogP contribution in [0.2, 0.25) is 0 Å². The van der Waals surface area contributed by atoms with E-state index >= 15 is 0 Å². The average Bonchev–Trinajstić information content (AvgIpc) is 2.15. The Morgan fingerprint density at radius 3 is 1.88 bits per heavy atom. The lowest BCUT2D eigenvalue weighted by atomic mass is 10.0. The minimum atomic E-state index is -4.67. The zero-order valence-corrected chi connectivity index (χ0v) is 9.50. The molecule has 7 heteroatoms. The fourth-order valence-electron chi connectivity index (χ4n) is 0.954. The van der Waals surface area contributed by atoms with Crippen LogP contribution >= 0.6 is 0 Å². The largest absolute Gasteiger partial charge is 0.394 e. The van der Waals surface area contributed by atoms with Gasteiger partial charge in [0.2, 0.25) is 0 Å². The van der Waals surface area contributed by atoms with Gasteiger partial charge >= 0.3 is 10.4 Å². The van der Waals surface area contributed by atoms with Gasteiger partial charge in [0, 0.05) is 6.04 Å². The molecule has 16 heavy (non-hydrogen) atoms. The Bertz CT molecular complexity index is 382. The number of aliphatic hydroxyl groups is 1. The molecule has 1 aromatic carbocycles. The van der Waals surface area contributed by atoms with Crippen molar-refractivity contribution in [2.24, 2.45) is 5.73 Å². The van der Waals surface area contributed by atoms with E-state index in [1.165, 1.54) is 0 Å². The second-order valence-electron chi connectivity index (χ2n) is 3.16. The van der Waals surface area contributed by atoms with Crippen LogP contribution in [0, 0.1) is 0 Å². The van der Waals surface area contributed by atoms with Gasteiger partial charge in [0.25, 0.3) is 0 Å². The molecule has 0 heterocycles. The smallest absolute Gasteiger partial charge is 0.387 e. The minimum absolute atomic E-state index is 0.211. The summed E-state index contributed by atoms with van der Waals surface area (Å²) in [6, 6.07) is 9.22. The Hall–Kier alpha value is -0.990. The van der Waals surface area contributed by atoms with Gasteiger partial charge < -0.3 is 10.8 Å². The molecule has 0 aliphatic carbocycles. The van der Waals surface area contributed by atoms with Crippen molar-refractivity contribution in [3.63, 3.8) is 0 Å². The highest BCUT2D eigenvalue weighted by molar-refractivity contribution is 7.79. The number of benzene rings is 1. The number of rotatable bonds is 2. The average molecular weight is 249 g/mol. The lowest BCUT2D eigenvalue weighted by molar-refractivity contribution is 0.153. The summed E-state index contributed by atoms with van der Waals surface area (Å²) in [4.78, 5) is 0. The van der Waals surface area contributed by atoms with E-state index in [-0.39, 0.29) is 6.04 Å². The lowest BCUT2D eigenvalue weighted by Gasteiger charge is -2.13. The molecule has 1 rings (SSSR count).